The molecular weight excluding hydrogens is 717 g/mol. The Morgan fingerprint density at radius 1 is 0.880 bits per heavy atom. The average Bonchev–Trinajstić information content (AvgIpc) is 3.07. The van der Waals surface area contributed by atoms with Crippen molar-refractivity contribution in [3.63, 3.8) is 0 Å². The second-order valence-corrected chi connectivity index (χ2v) is 13.6. The van der Waals surface area contributed by atoms with E-state index in [1.54, 1.807) is 17.0 Å². The molecule has 0 bridgehead atoms. The van der Waals surface area contributed by atoms with Crippen LogP contribution in [0.4, 0.5) is 25.0 Å². The molecule has 2 aromatic rings. The van der Waals surface area contributed by atoms with Crippen molar-refractivity contribution in [2.45, 2.75) is 67.2 Å². The molecule has 2 fully saturated rings. The van der Waals surface area contributed by atoms with E-state index in [9.17, 15) is 28.0 Å². The predicted molar refractivity (Wildman–Crippen MR) is 194 cm³/mol. The quantitative estimate of drug-likeness (QED) is 0.246. The van der Waals surface area contributed by atoms with Gasteiger partial charge in [-0.3, -0.25) is 14.4 Å². The predicted octanol–water partition coefficient (Wildman–Crippen LogP) is 8.71. The van der Waals surface area contributed by atoms with Gasteiger partial charge in [-0.15, -0.1) is 0 Å². The van der Waals surface area contributed by atoms with Crippen molar-refractivity contribution in [3.05, 3.63) is 58.1 Å². The lowest BCUT2D eigenvalue weighted by Gasteiger charge is -2.31. The first-order valence-corrected chi connectivity index (χ1v) is 17.2. The highest BCUT2D eigenvalue weighted by Gasteiger charge is 2.29. The lowest BCUT2D eigenvalue weighted by atomic mass is 9.97. The van der Waals surface area contributed by atoms with E-state index >= 15 is 0 Å². The van der Waals surface area contributed by atoms with E-state index in [0.29, 0.717) is 56.4 Å². The molecule has 0 saturated carbocycles. The van der Waals surface area contributed by atoms with Crippen molar-refractivity contribution < 1.29 is 37.0 Å². The van der Waals surface area contributed by atoms with Crippen LogP contribution in [0.1, 0.15) is 67.2 Å². The molecule has 2 aliphatic heterocycles. The van der Waals surface area contributed by atoms with Gasteiger partial charge in [0.1, 0.15) is 23.5 Å². The van der Waals surface area contributed by atoms with Gasteiger partial charge in [-0.1, -0.05) is 58.3 Å². The van der Waals surface area contributed by atoms with Gasteiger partial charge in [-0.2, -0.15) is 0 Å². The first-order valence-electron chi connectivity index (χ1n) is 16.2. The van der Waals surface area contributed by atoms with Gasteiger partial charge < -0.3 is 29.9 Å². The minimum Gasteiger partial charge on any atom is -0.449 e. The van der Waals surface area contributed by atoms with Crippen molar-refractivity contribution in [2.24, 2.45) is 23.7 Å². The van der Waals surface area contributed by atoms with Crippen LogP contribution in [0.25, 0.3) is 0 Å². The van der Waals surface area contributed by atoms with Gasteiger partial charge >= 0.3 is 12.1 Å². The molecule has 3 N–H and O–H groups in total. The number of hydrogen-bond acceptors (Lipinski definition) is 7. The van der Waals surface area contributed by atoms with Crippen LogP contribution in [-0.2, 0) is 23.4 Å². The van der Waals surface area contributed by atoms with Crippen molar-refractivity contribution in [1.29, 1.82) is 0 Å². The molecule has 0 aliphatic carbocycles. The Labute approximate surface area is 309 Å². The van der Waals surface area contributed by atoms with Crippen LogP contribution in [0.15, 0.2) is 36.4 Å². The van der Waals surface area contributed by atoms with Gasteiger partial charge in [0.2, 0.25) is 11.8 Å². The minimum atomic E-state index is -0.586. The van der Waals surface area contributed by atoms with Crippen LogP contribution in [0, 0.1) is 35.3 Å². The lowest BCUT2D eigenvalue weighted by molar-refractivity contribution is -0.134. The summed E-state index contributed by atoms with van der Waals surface area (Å²) in [6, 6.07) is 8.38. The maximum absolute atomic E-state index is 13.4. The van der Waals surface area contributed by atoms with Crippen molar-refractivity contribution >= 4 is 70.3 Å². The summed E-state index contributed by atoms with van der Waals surface area (Å²) >= 11 is 15.9. The third-order valence-electron chi connectivity index (χ3n) is 7.29. The molecule has 2 aromatic carbocycles. The molecule has 15 heteroatoms. The number of halogens is 5. The molecule has 2 atom stereocenters. The number of likely N-dealkylation sites (tertiary alicyclic amines) is 1. The van der Waals surface area contributed by atoms with Crippen LogP contribution in [0.2, 0.25) is 10.0 Å². The van der Waals surface area contributed by atoms with E-state index in [1.165, 1.54) is 24.3 Å². The molecule has 280 valence electrons. The zero-order valence-corrected chi connectivity index (χ0v) is 30.4. The van der Waals surface area contributed by atoms with E-state index in [0.717, 1.165) is 25.8 Å². The number of anilines is 2. The first kappa shape index (κ1) is 44.8. The number of piperidine rings is 2. The van der Waals surface area contributed by atoms with Gasteiger partial charge in [0.05, 0.1) is 28.5 Å². The summed E-state index contributed by atoms with van der Waals surface area (Å²) in [5.41, 5.74) is 0.795. The fourth-order valence-corrected chi connectivity index (χ4v) is 5.06. The molecule has 0 radical (unpaired) electrons. The topological polar surface area (TPSA) is 126 Å². The third kappa shape index (κ3) is 16.7. The van der Waals surface area contributed by atoms with Gasteiger partial charge in [0, 0.05) is 37.4 Å². The summed E-state index contributed by atoms with van der Waals surface area (Å²) in [6.45, 7) is 10.7. The zero-order chi connectivity index (χ0) is 36.5. The number of amides is 3. The Balaban J connectivity index is 0.000000418. The summed E-state index contributed by atoms with van der Waals surface area (Å²) in [7, 11) is 0. The SMILES string of the molecule is C.CC(C)CC(=O)OCl.CC(C)COC(=O)N1CCC[C@H](C(=O)Nc2ccc(Cl)c(F)c2)C1.O=C(Nc1ccc(Cl)c(F)c1)[C@H]1CCCNC1. The second-order valence-electron chi connectivity index (χ2n) is 12.6. The van der Waals surface area contributed by atoms with Crippen molar-refractivity contribution in [1.82, 2.24) is 10.2 Å². The molecule has 0 aromatic heterocycles. The summed E-state index contributed by atoms with van der Waals surface area (Å²) in [5, 5.41) is 8.60. The molecule has 3 amide bonds. The van der Waals surface area contributed by atoms with Crippen molar-refractivity contribution in [3.8, 4) is 0 Å². The van der Waals surface area contributed by atoms with E-state index in [1.807, 2.05) is 27.7 Å². The molecule has 10 nitrogen and oxygen atoms in total. The fraction of sp³-hybridized carbons (Fsp3) is 0.543. The van der Waals surface area contributed by atoms with Crippen LogP contribution in [0.5, 0.6) is 0 Å². The van der Waals surface area contributed by atoms with E-state index in [-0.39, 0.29) is 53.0 Å². The third-order valence-corrected chi connectivity index (χ3v) is 8.08. The largest absolute Gasteiger partial charge is 0.449 e. The van der Waals surface area contributed by atoms with Gasteiger partial charge in [-0.05, 0) is 80.5 Å². The number of rotatable bonds is 8. The minimum absolute atomic E-state index is 0. The normalized spacial score (nSPS) is 16.8. The molecule has 4 rings (SSSR count). The molecule has 2 saturated heterocycles. The zero-order valence-electron chi connectivity index (χ0n) is 28.1. The van der Waals surface area contributed by atoms with Crippen LogP contribution < -0.4 is 16.0 Å². The summed E-state index contributed by atoms with van der Waals surface area (Å²) in [5.74, 6) is -1.58. The standard InChI is InChI=1S/C17H22ClFN2O3.C12H14ClFN2O.C5H9ClO2.CH4/c1-11(2)10-24-17(23)21-7-3-4-12(9-21)16(22)20-13-5-6-14(18)15(19)8-13;13-10-4-3-9(6-11(10)14)16-12(17)8-2-1-5-15-7-8;1-4(2)3-5(7)8-6;/h5-6,8,11-12H,3-4,7,9-10H2,1-2H3,(H,20,22);3-4,6,8,15H,1-2,5,7H2,(H,16,17);4H,3H2,1-2H3;1H4/t12-;8-;;/m00../s1. The van der Waals surface area contributed by atoms with Gasteiger partial charge in [-0.25, -0.2) is 13.6 Å². The number of carbonyl (C=O) groups is 4. The fourth-order valence-electron chi connectivity index (χ4n) is 4.76. The lowest BCUT2D eigenvalue weighted by Crippen LogP contribution is -2.44. The van der Waals surface area contributed by atoms with E-state index < -0.39 is 17.7 Å². The Morgan fingerprint density at radius 3 is 1.86 bits per heavy atom. The number of carbonyl (C=O) groups excluding carboxylic acids is 4. The molecule has 0 unspecified atom stereocenters. The van der Waals surface area contributed by atoms with Gasteiger partial charge in [0.25, 0.3) is 0 Å². The van der Waals surface area contributed by atoms with Crippen LogP contribution in [-0.4, -0.2) is 61.6 Å². The molecular formula is C35H49Cl3F2N4O6. The Kier molecular flexibility index (Phi) is 20.9. The summed E-state index contributed by atoms with van der Waals surface area (Å²) in [4.78, 5) is 48.1. The Bertz CT molecular complexity index is 1400. The van der Waals surface area contributed by atoms with E-state index in [4.69, 9.17) is 39.8 Å². The number of nitrogens with zero attached hydrogens (tertiary/aromatic N) is 1. The molecule has 50 heavy (non-hydrogen) atoms. The average molecular weight is 766 g/mol. The highest BCUT2D eigenvalue weighted by atomic mass is 35.5. The number of hydrogen-bond donors (Lipinski definition) is 3. The maximum atomic E-state index is 13.4. The number of benzene rings is 2. The highest BCUT2D eigenvalue weighted by molar-refractivity contribution is 6.31. The van der Waals surface area contributed by atoms with Crippen molar-refractivity contribution in [2.75, 3.05) is 43.4 Å². The first-order chi connectivity index (χ1) is 23.2. The van der Waals surface area contributed by atoms with E-state index in [2.05, 4.69) is 20.2 Å². The molecule has 2 aliphatic rings. The Hall–Kier alpha value is -3.19. The van der Waals surface area contributed by atoms with Crippen LogP contribution in [0.3, 0.4) is 0 Å². The van der Waals surface area contributed by atoms with Crippen LogP contribution >= 0.6 is 35.1 Å². The summed E-state index contributed by atoms with van der Waals surface area (Å²) < 4.78 is 35.7. The highest BCUT2D eigenvalue weighted by Crippen LogP contribution is 2.23. The number of ether oxygens (including phenoxy) is 1. The Morgan fingerprint density at radius 2 is 1.42 bits per heavy atom. The smallest absolute Gasteiger partial charge is 0.409 e. The van der Waals surface area contributed by atoms with Gasteiger partial charge in [0.15, 0.2) is 0 Å². The molecule has 0 spiro atoms. The summed E-state index contributed by atoms with van der Waals surface area (Å²) in [6.07, 6.45) is 3.27. The maximum Gasteiger partial charge on any atom is 0.409 e. The second kappa shape index (κ2) is 23.3. The molecule has 2 heterocycles. The monoisotopic (exact) mass is 764 g/mol. The number of nitrogens with one attached hydrogen (secondary N) is 3.